The lowest BCUT2D eigenvalue weighted by Gasteiger charge is -2.04. The minimum Gasteiger partial charge on any atom is -0.465 e. The van der Waals surface area contributed by atoms with Crippen molar-refractivity contribution in [2.45, 2.75) is 19.3 Å². The second-order valence-electron chi connectivity index (χ2n) is 3.91. The molecule has 0 bridgehead atoms. The molecule has 1 aromatic carbocycles. The minimum atomic E-state index is -0.334. The van der Waals surface area contributed by atoms with Crippen molar-refractivity contribution in [1.29, 1.82) is 0 Å². The van der Waals surface area contributed by atoms with E-state index in [9.17, 15) is 4.79 Å². The number of hydrogen-bond acceptors (Lipinski definition) is 5. The molecule has 1 aromatic rings. The number of nitrogens with zero attached hydrogens (tertiary/aromatic N) is 1. The van der Waals surface area contributed by atoms with Crippen LogP contribution in [0.15, 0.2) is 29.4 Å². The van der Waals surface area contributed by atoms with Crippen molar-refractivity contribution in [2.24, 2.45) is 10.9 Å². The zero-order chi connectivity index (χ0) is 13.4. The Morgan fingerprint density at radius 2 is 2.06 bits per heavy atom. The third-order valence-electron chi connectivity index (χ3n) is 2.68. The molecule has 0 saturated carbocycles. The fraction of sp³-hybridized carbons (Fsp3) is 0.385. The van der Waals surface area contributed by atoms with Gasteiger partial charge < -0.3 is 15.7 Å². The average Bonchev–Trinajstić information content (AvgIpc) is 2.43. The van der Waals surface area contributed by atoms with Gasteiger partial charge in [-0.05, 0) is 37.0 Å². The zero-order valence-corrected chi connectivity index (χ0v) is 10.4. The Labute approximate surface area is 106 Å². The van der Waals surface area contributed by atoms with Crippen LogP contribution in [0.4, 0.5) is 0 Å². The summed E-state index contributed by atoms with van der Waals surface area (Å²) >= 11 is 0. The normalized spacial score (nSPS) is 11.3. The van der Waals surface area contributed by atoms with E-state index >= 15 is 0 Å². The summed E-state index contributed by atoms with van der Waals surface area (Å²) in [6.45, 7) is 0.276. The van der Waals surface area contributed by atoms with Crippen LogP contribution in [0, 0.1) is 0 Å². The maximum Gasteiger partial charge on any atom is 0.337 e. The quantitative estimate of drug-likeness (QED) is 0.347. The summed E-state index contributed by atoms with van der Waals surface area (Å²) < 4.78 is 4.62. The van der Waals surface area contributed by atoms with Gasteiger partial charge in [-0.25, -0.2) is 4.79 Å². The maximum absolute atomic E-state index is 11.2. The number of esters is 1. The molecule has 0 fully saturated rings. The summed E-state index contributed by atoms with van der Waals surface area (Å²) in [7, 11) is 1.36. The second kappa shape index (κ2) is 7.45. The number of carbonyl (C=O) groups excluding carboxylic acids is 1. The molecule has 98 valence electrons. The van der Waals surface area contributed by atoms with Crippen molar-refractivity contribution >= 4 is 11.7 Å². The fourth-order valence-corrected chi connectivity index (χ4v) is 1.61. The molecule has 0 aromatic heterocycles. The molecule has 0 aliphatic heterocycles. The lowest BCUT2D eigenvalue weighted by Crippen LogP contribution is -2.13. The van der Waals surface area contributed by atoms with Crippen molar-refractivity contribution in [3.63, 3.8) is 0 Å². The summed E-state index contributed by atoms with van der Waals surface area (Å²) in [5.41, 5.74) is 7.65. The van der Waals surface area contributed by atoms with Crippen molar-refractivity contribution in [3.8, 4) is 0 Å². The molecule has 0 heterocycles. The molecule has 0 radical (unpaired) electrons. The van der Waals surface area contributed by atoms with Crippen molar-refractivity contribution in [2.75, 3.05) is 13.7 Å². The molecule has 3 N–H and O–H groups in total. The molecule has 5 nitrogen and oxygen atoms in total. The molecule has 0 saturated heterocycles. The molecule has 0 atom stereocenters. The Morgan fingerprint density at radius 3 is 2.56 bits per heavy atom. The van der Waals surface area contributed by atoms with Crippen LogP contribution in [-0.4, -0.2) is 30.5 Å². The molecule has 1 rings (SSSR count). The predicted molar refractivity (Wildman–Crippen MR) is 69.0 cm³/mol. The van der Waals surface area contributed by atoms with Crippen LogP contribution in [0.25, 0.3) is 0 Å². The van der Waals surface area contributed by atoms with E-state index in [0.717, 1.165) is 18.4 Å². The van der Waals surface area contributed by atoms with Crippen LogP contribution in [0.3, 0.4) is 0 Å². The van der Waals surface area contributed by atoms with Gasteiger partial charge in [0.15, 0.2) is 0 Å². The van der Waals surface area contributed by atoms with E-state index < -0.39 is 0 Å². The highest BCUT2D eigenvalue weighted by Gasteiger charge is 2.04. The van der Waals surface area contributed by atoms with Crippen molar-refractivity contribution in [1.82, 2.24) is 0 Å². The Morgan fingerprint density at radius 1 is 1.39 bits per heavy atom. The second-order valence-corrected chi connectivity index (χ2v) is 3.91. The SMILES string of the molecule is COC(=O)c1ccc(CCC/C(CN)=N\O)cc1. The third-order valence-corrected chi connectivity index (χ3v) is 2.68. The number of ether oxygens (including phenoxy) is 1. The molecule has 0 spiro atoms. The number of aryl methyl sites for hydroxylation is 1. The van der Waals surface area contributed by atoms with Gasteiger partial charge in [0.2, 0.25) is 0 Å². The largest absolute Gasteiger partial charge is 0.465 e. The van der Waals surface area contributed by atoms with Gasteiger partial charge >= 0.3 is 5.97 Å². The van der Waals surface area contributed by atoms with E-state index in [-0.39, 0.29) is 12.5 Å². The highest BCUT2D eigenvalue weighted by molar-refractivity contribution is 5.89. The summed E-state index contributed by atoms with van der Waals surface area (Å²) in [6.07, 6.45) is 2.38. The first-order valence-electron chi connectivity index (χ1n) is 5.78. The van der Waals surface area contributed by atoms with E-state index in [1.807, 2.05) is 12.1 Å². The Bertz CT molecular complexity index is 413. The molecule has 0 amide bonds. The smallest absolute Gasteiger partial charge is 0.337 e. The first-order chi connectivity index (χ1) is 8.71. The standard InChI is InChI=1S/C13H18N2O3/c1-18-13(16)11-7-5-10(6-8-11)3-2-4-12(9-14)15-17/h5-8,17H,2-4,9,14H2,1H3/b15-12+. The van der Waals surface area contributed by atoms with E-state index in [2.05, 4.69) is 9.89 Å². The number of nitrogens with two attached hydrogens (primary N) is 1. The van der Waals surface area contributed by atoms with Gasteiger partial charge in [-0.3, -0.25) is 0 Å². The molecule has 0 unspecified atom stereocenters. The molecule has 18 heavy (non-hydrogen) atoms. The van der Waals surface area contributed by atoms with Gasteiger partial charge in [-0.15, -0.1) is 0 Å². The highest BCUT2D eigenvalue weighted by Crippen LogP contribution is 2.09. The van der Waals surface area contributed by atoms with Crippen LogP contribution in [0.2, 0.25) is 0 Å². The number of methoxy groups -OCH3 is 1. The number of carbonyl (C=O) groups is 1. The van der Waals surface area contributed by atoms with E-state index in [1.54, 1.807) is 12.1 Å². The number of hydrogen-bond donors (Lipinski definition) is 2. The van der Waals surface area contributed by atoms with E-state index in [0.29, 0.717) is 17.7 Å². The monoisotopic (exact) mass is 250 g/mol. The first kappa shape index (κ1) is 14.2. The number of oxime groups is 1. The van der Waals surface area contributed by atoms with Crippen LogP contribution >= 0.6 is 0 Å². The Hall–Kier alpha value is -1.88. The summed E-state index contributed by atoms with van der Waals surface area (Å²) in [5.74, 6) is -0.334. The topological polar surface area (TPSA) is 84.9 Å². The van der Waals surface area contributed by atoms with Gasteiger partial charge in [-0.2, -0.15) is 0 Å². The van der Waals surface area contributed by atoms with Gasteiger partial charge in [0, 0.05) is 6.54 Å². The predicted octanol–water partition coefficient (Wildman–Crippen LogP) is 1.58. The summed E-state index contributed by atoms with van der Waals surface area (Å²) in [4.78, 5) is 11.2. The van der Waals surface area contributed by atoms with Gasteiger partial charge in [-0.1, -0.05) is 17.3 Å². The van der Waals surface area contributed by atoms with Gasteiger partial charge in [0.05, 0.1) is 18.4 Å². The Balaban J connectivity index is 2.47. The summed E-state index contributed by atoms with van der Waals surface area (Å²) in [5, 5.41) is 11.7. The van der Waals surface area contributed by atoms with E-state index in [1.165, 1.54) is 7.11 Å². The van der Waals surface area contributed by atoms with Crippen LogP contribution in [-0.2, 0) is 11.2 Å². The zero-order valence-electron chi connectivity index (χ0n) is 10.4. The first-order valence-corrected chi connectivity index (χ1v) is 5.78. The number of benzene rings is 1. The van der Waals surface area contributed by atoms with Crippen LogP contribution in [0.5, 0.6) is 0 Å². The Kier molecular flexibility index (Phi) is 5.87. The van der Waals surface area contributed by atoms with Gasteiger partial charge in [0.1, 0.15) is 0 Å². The van der Waals surface area contributed by atoms with Crippen molar-refractivity contribution < 1.29 is 14.7 Å². The van der Waals surface area contributed by atoms with Gasteiger partial charge in [0.25, 0.3) is 0 Å². The maximum atomic E-state index is 11.2. The number of rotatable bonds is 6. The molecular formula is C13H18N2O3. The average molecular weight is 250 g/mol. The fourth-order valence-electron chi connectivity index (χ4n) is 1.61. The molecular weight excluding hydrogens is 232 g/mol. The molecule has 0 aliphatic carbocycles. The third kappa shape index (κ3) is 4.18. The van der Waals surface area contributed by atoms with Crippen LogP contribution in [0.1, 0.15) is 28.8 Å². The van der Waals surface area contributed by atoms with Crippen molar-refractivity contribution in [3.05, 3.63) is 35.4 Å². The minimum absolute atomic E-state index is 0.276. The summed E-state index contributed by atoms with van der Waals surface area (Å²) in [6, 6.07) is 7.27. The van der Waals surface area contributed by atoms with E-state index in [4.69, 9.17) is 10.9 Å². The lowest BCUT2D eigenvalue weighted by molar-refractivity contribution is 0.0600. The molecule has 0 aliphatic rings. The molecule has 5 heteroatoms. The van der Waals surface area contributed by atoms with Crippen LogP contribution < -0.4 is 5.73 Å². The highest BCUT2D eigenvalue weighted by atomic mass is 16.5. The lowest BCUT2D eigenvalue weighted by atomic mass is 10.0.